The molecule has 2 heteroatoms. The van der Waals surface area contributed by atoms with Gasteiger partial charge in [0.15, 0.2) is 0 Å². The maximum absolute atomic E-state index is 9.11. The summed E-state index contributed by atoms with van der Waals surface area (Å²) in [6.45, 7) is 9.85. The van der Waals surface area contributed by atoms with Crippen LogP contribution in [0.3, 0.4) is 0 Å². The van der Waals surface area contributed by atoms with Crippen molar-refractivity contribution < 1.29 is 5.11 Å². The van der Waals surface area contributed by atoms with Gasteiger partial charge in [-0.25, -0.2) is 0 Å². The predicted octanol–water partition coefficient (Wildman–Crippen LogP) is 1.74. The predicted molar refractivity (Wildman–Crippen MR) is 53.2 cm³/mol. The Morgan fingerprint density at radius 3 is 2.25 bits per heavy atom. The first kappa shape index (κ1) is 11.9. The molecule has 0 aromatic heterocycles. The molecule has 0 saturated carbocycles. The lowest BCUT2D eigenvalue weighted by molar-refractivity contribution is 0.0679. The van der Waals surface area contributed by atoms with Crippen molar-refractivity contribution >= 4 is 0 Å². The molecule has 0 saturated heterocycles. The average molecular weight is 173 g/mol. The lowest BCUT2D eigenvalue weighted by Gasteiger charge is -2.35. The van der Waals surface area contributed by atoms with Crippen molar-refractivity contribution in [3.8, 4) is 0 Å². The average Bonchev–Trinajstić information content (AvgIpc) is 2.04. The molecule has 1 N–H and O–H groups in total. The minimum Gasteiger partial charge on any atom is -0.394 e. The van der Waals surface area contributed by atoms with E-state index in [0.29, 0.717) is 5.92 Å². The molecule has 74 valence electrons. The van der Waals surface area contributed by atoms with Crippen LogP contribution in [-0.2, 0) is 0 Å². The Labute approximate surface area is 76.6 Å². The molecule has 1 atom stereocenters. The highest BCUT2D eigenvalue weighted by Gasteiger charge is 2.22. The zero-order chi connectivity index (χ0) is 9.78. The zero-order valence-electron chi connectivity index (χ0n) is 9.09. The number of hydrogen-bond donors (Lipinski definition) is 1. The van der Waals surface area contributed by atoms with E-state index in [1.54, 1.807) is 0 Å². The standard InChI is InChI=1S/C10H23NO/c1-6-9(2)7-11(5)10(3,4)8-12/h9,12H,6-8H2,1-5H3. The number of aliphatic hydroxyl groups is 1. The summed E-state index contributed by atoms with van der Waals surface area (Å²) in [6.07, 6.45) is 1.20. The van der Waals surface area contributed by atoms with Crippen LogP contribution in [0.2, 0.25) is 0 Å². The van der Waals surface area contributed by atoms with Gasteiger partial charge in [-0.2, -0.15) is 0 Å². The lowest BCUT2D eigenvalue weighted by Crippen LogP contribution is -2.46. The van der Waals surface area contributed by atoms with E-state index in [2.05, 4.69) is 39.6 Å². The summed E-state index contributed by atoms with van der Waals surface area (Å²) in [7, 11) is 2.07. The van der Waals surface area contributed by atoms with E-state index in [-0.39, 0.29) is 12.1 Å². The van der Waals surface area contributed by atoms with Gasteiger partial charge < -0.3 is 5.11 Å². The van der Waals surface area contributed by atoms with Gasteiger partial charge in [0.1, 0.15) is 0 Å². The van der Waals surface area contributed by atoms with E-state index in [1.165, 1.54) is 6.42 Å². The van der Waals surface area contributed by atoms with E-state index in [9.17, 15) is 0 Å². The van der Waals surface area contributed by atoms with Gasteiger partial charge in [0, 0.05) is 12.1 Å². The Morgan fingerprint density at radius 2 is 1.92 bits per heavy atom. The van der Waals surface area contributed by atoms with Gasteiger partial charge in [-0.1, -0.05) is 20.3 Å². The van der Waals surface area contributed by atoms with Crippen molar-refractivity contribution in [3.63, 3.8) is 0 Å². The third-order valence-corrected chi connectivity index (χ3v) is 2.70. The Kier molecular flexibility index (Phi) is 4.80. The lowest BCUT2D eigenvalue weighted by atomic mass is 10.0. The minimum absolute atomic E-state index is 0.0799. The van der Waals surface area contributed by atoms with Crippen molar-refractivity contribution in [2.45, 2.75) is 39.7 Å². The molecule has 0 radical (unpaired) electrons. The van der Waals surface area contributed by atoms with Crippen LogP contribution in [0.25, 0.3) is 0 Å². The fourth-order valence-electron chi connectivity index (χ4n) is 0.964. The number of nitrogens with zero attached hydrogens (tertiary/aromatic N) is 1. The van der Waals surface area contributed by atoms with E-state index < -0.39 is 0 Å². The van der Waals surface area contributed by atoms with Gasteiger partial charge >= 0.3 is 0 Å². The first-order chi connectivity index (χ1) is 5.44. The Balaban J connectivity index is 3.93. The monoisotopic (exact) mass is 173 g/mol. The molecule has 0 spiro atoms. The molecule has 0 aromatic carbocycles. The van der Waals surface area contributed by atoms with Crippen LogP contribution in [0.1, 0.15) is 34.1 Å². The second kappa shape index (κ2) is 4.83. The van der Waals surface area contributed by atoms with Crippen molar-refractivity contribution in [1.82, 2.24) is 4.90 Å². The van der Waals surface area contributed by atoms with E-state index >= 15 is 0 Å². The van der Waals surface area contributed by atoms with Crippen LogP contribution < -0.4 is 0 Å². The highest BCUT2D eigenvalue weighted by molar-refractivity contribution is 4.78. The van der Waals surface area contributed by atoms with Crippen LogP contribution in [0.4, 0.5) is 0 Å². The third-order valence-electron chi connectivity index (χ3n) is 2.70. The number of aliphatic hydroxyl groups excluding tert-OH is 1. The fourth-order valence-corrected chi connectivity index (χ4v) is 0.964. The van der Waals surface area contributed by atoms with Gasteiger partial charge in [-0.3, -0.25) is 4.90 Å². The van der Waals surface area contributed by atoms with Crippen molar-refractivity contribution in [2.75, 3.05) is 20.2 Å². The van der Waals surface area contributed by atoms with Gasteiger partial charge in [0.25, 0.3) is 0 Å². The molecule has 0 rings (SSSR count). The third kappa shape index (κ3) is 3.55. The van der Waals surface area contributed by atoms with Gasteiger partial charge in [-0.05, 0) is 26.8 Å². The van der Waals surface area contributed by atoms with E-state index in [1.807, 2.05) is 0 Å². The Bertz CT molecular complexity index is 123. The summed E-state index contributed by atoms with van der Waals surface area (Å²) in [6, 6.07) is 0. The van der Waals surface area contributed by atoms with Gasteiger partial charge in [0.2, 0.25) is 0 Å². The Morgan fingerprint density at radius 1 is 1.42 bits per heavy atom. The summed E-state index contributed by atoms with van der Waals surface area (Å²) in [5, 5.41) is 9.11. The number of likely N-dealkylation sites (N-methyl/N-ethyl adjacent to an activating group) is 1. The summed E-state index contributed by atoms with van der Waals surface area (Å²) in [5.41, 5.74) is -0.0799. The molecule has 0 aliphatic carbocycles. The molecule has 0 bridgehead atoms. The molecule has 0 fully saturated rings. The van der Waals surface area contributed by atoms with Gasteiger partial charge in [-0.15, -0.1) is 0 Å². The second-order valence-corrected chi connectivity index (χ2v) is 4.36. The summed E-state index contributed by atoms with van der Waals surface area (Å²) in [4.78, 5) is 2.22. The van der Waals surface area contributed by atoms with E-state index in [0.717, 1.165) is 6.54 Å². The summed E-state index contributed by atoms with van der Waals surface area (Å²) in [5.74, 6) is 0.709. The normalized spacial score (nSPS) is 15.2. The molecule has 0 heterocycles. The van der Waals surface area contributed by atoms with Crippen LogP contribution >= 0.6 is 0 Å². The fraction of sp³-hybridized carbons (Fsp3) is 1.00. The summed E-state index contributed by atoms with van der Waals surface area (Å²) >= 11 is 0. The second-order valence-electron chi connectivity index (χ2n) is 4.36. The maximum atomic E-state index is 9.11. The quantitative estimate of drug-likeness (QED) is 0.684. The molecular formula is C10H23NO. The van der Waals surface area contributed by atoms with Crippen LogP contribution in [-0.4, -0.2) is 35.7 Å². The Hall–Kier alpha value is -0.0800. The van der Waals surface area contributed by atoms with Crippen molar-refractivity contribution in [2.24, 2.45) is 5.92 Å². The topological polar surface area (TPSA) is 23.5 Å². The first-order valence-electron chi connectivity index (χ1n) is 4.76. The maximum Gasteiger partial charge on any atom is 0.0609 e. The van der Waals surface area contributed by atoms with Crippen molar-refractivity contribution in [1.29, 1.82) is 0 Å². The zero-order valence-corrected chi connectivity index (χ0v) is 9.09. The van der Waals surface area contributed by atoms with Crippen LogP contribution in [0.5, 0.6) is 0 Å². The molecule has 2 nitrogen and oxygen atoms in total. The molecule has 12 heavy (non-hydrogen) atoms. The SMILES string of the molecule is CCC(C)CN(C)C(C)(C)CO. The molecule has 0 aliphatic rings. The first-order valence-corrected chi connectivity index (χ1v) is 4.76. The highest BCUT2D eigenvalue weighted by atomic mass is 16.3. The molecule has 0 aromatic rings. The minimum atomic E-state index is -0.0799. The van der Waals surface area contributed by atoms with Gasteiger partial charge in [0.05, 0.1) is 6.61 Å². The number of rotatable bonds is 5. The number of hydrogen-bond acceptors (Lipinski definition) is 2. The molecule has 0 aliphatic heterocycles. The molecular weight excluding hydrogens is 150 g/mol. The smallest absolute Gasteiger partial charge is 0.0609 e. The summed E-state index contributed by atoms with van der Waals surface area (Å²) < 4.78 is 0. The van der Waals surface area contributed by atoms with E-state index in [4.69, 9.17) is 5.11 Å². The van der Waals surface area contributed by atoms with Crippen LogP contribution in [0, 0.1) is 5.92 Å². The van der Waals surface area contributed by atoms with Crippen LogP contribution in [0.15, 0.2) is 0 Å². The highest BCUT2D eigenvalue weighted by Crippen LogP contribution is 2.14. The largest absolute Gasteiger partial charge is 0.394 e. The molecule has 0 amide bonds. The van der Waals surface area contributed by atoms with Crippen molar-refractivity contribution in [3.05, 3.63) is 0 Å². The molecule has 1 unspecified atom stereocenters.